The van der Waals surface area contributed by atoms with E-state index < -0.39 is 6.04 Å². The molecule has 0 saturated carbocycles. The van der Waals surface area contributed by atoms with Crippen LogP contribution < -0.4 is 5.73 Å². The maximum absolute atomic E-state index is 12.4. The predicted molar refractivity (Wildman–Crippen MR) is 98.8 cm³/mol. The number of phenolic OH excluding ortho intramolecular Hbond substituents is 1. The SMILES string of the molecule is CSCC[C@H](N)C(=O)N1CCN(C(=O)c2ccccc2O)CC1.Cl. The van der Waals surface area contributed by atoms with Crippen molar-refractivity contribution < 1.29 is 14.7 Å². The first kappa shape index (κ1) is 20.6. The lowest BCUT2D eigenvalue weighted by molar-refractivity contribution is -0.134. The summed E-state index contributed by atoms with van der Waals surface area (Å²) >= 11 is 1.67. The molecule has 8 heteroatoms. The minimum Gasteiger partial charge on any atom is -0.507 e. The molecule has 1 fully saturated rings. The van der Waals surface area contributed by atoms with Gasteiger partial charge in [-0.15, -0.1) is 12.4 Å². The summed E-state index contributed by atoms with van der Waals surface area (Å²) in [5.41, 5.74) is 6.22. The van der Waals surface area contributed by atoms with E-state index in [0.717, 1.165) is 5.75 Å². The Bertz CT molecular complexity index is 565. The highest BCUT2D eigenvalue weighted by atomic mass is 35.5. The number of para-hydroxylation sites is 1. The van der Waals surface area contributed by atoms with Crippen LogP contribution in [0.2, 0.25) is 0 Å². The number of amides is 2. The first-order chi connectivity index (χ1) is 11.0. The average molecular weight is 374 g/mol. The van der Waals surface area contributed by atoms with Crippen molar-refractivity contribution in [1.82, 2.24) is 9.80 Å². The molecular weight excluding hydrogens is 350 g/mol. The van der Waals surface area contributed by atoms with Gasteiger partial charge in [0.25, 0.3) is 5.91 Å². The molecule has 24 heavy (non-hydrogen) atoms. The number of piperazine rings is 1. The number of hydrogen-bond acceptors (Lipinski definition) is 5. The predicted octanol–water partition coefficient (Wildman–Crippen LogP) is 1.18. The fourth-order valence-corrected chi connectivity index (χ4v) is 3.05. The van der Waals surface area contributed by atoms with E-state index >= 15 is 0 Å². The second-order valence-electron chi connectivity index (χ2n) is 5.52. The number of carbonyl (C=O) groups is 2. The molecule has 1 heterocycles. The summed E-state index contributed by atoms with van der Waals surface area (Å²) < 4.78 is 0. The number of halogens is 1. The van der Waals surface area contributed by atoms with Crippen molar-refractivity contribution in [1.29, 1.82) is 0 Å². The summed E-state index contributed by atoms with van der Waals surface area (Å²) in [6, 6.07) is 6.03. The largest absolute Gasteiger partial charge is 0.507 e. The maximum Gasteiger partial charge on any atom is 0.257 e. The fraction of sp³-hybridized carbons (Fsp3) is 0.500. The molecule has 2 rings (SSSR count). The summed E-state index contributed by atoms with van der Waals surface area (Å²) in [6.45, 7) is 1.86. The van der Waals surface area contributed by atoms with E-state index in [-0.39, 0.29) is 30.0 Å². The van der Waals surface area contributed by atoms with E-state index in [2.05, 4.69) is 0 Å². The van der Waals surface area contributed by atoms with E-state index in [0.29, 0.717) is 38.2 Å². The summed E-state index contributed by atoms with van der Waals surface area (Å²) in [5.74, 6) is 0.587. The molecule has 1 atom stereocenters. The van der Waals surface area contributed by atoms with Crippen molar-refractivity contribution in [3.63, 3.8) is 0 Å². The van der Waals surface area contributed by atoms with Crippen LogP contribution in [-0.2, 0) is 4.79 Å². The van der Waals surface area contributed by atoms with Gasteiger partial charge in [-0.3, -0.25) is 9.59 Å². The third-order valence-electron chi connectivity index (χ3n) is 3.96. The lowest BCUT2D eigenvalue weighted by atomic mass is 10.1. The van der Waals surface area contributed by atoms with Crippen molar-refractivity contribution in [2.24, 2.45) is 5.73 Å². The van der Waals surface area contributed by atoms with Crippen LogP contribution in [0.1, 0.15) is 16.8 Å². The molecule has 0 bridgehead atoms. The first-order valence-corrected chi connectivity index (χ1v) is 9.04. The van der Waals surface area contributed by atoms with E-state index in [1.807, 2.05) is 6.26 Å². The van der Waals surface area contributed by atoms with Gasteiger partial charge in [-0.1, -0.05) is 12.1 Å². The van der Waals surface area contributed by atoms with Gasteiger partial charge in [-0.25, -0.2) is 0 Å². The van der Waals surface area contributed by atoms with Crippen LogP contribution in [0.3, 0.4) is 0 Å². The van der Waals surface area contributed by atoms with Crippen LogP contribution in [0.25, 0.3) is 0 Å². The fourth-order valence-electron chi connectivity index (χ4n) is 2.56. The van der Waals surface area contributed by atoms with Gasteiger partial charge in [-0.05, 0) is 30.6 Å². The topological polar surface area (TPSA) is 86.9 Å². The quantitative estimate of drug-likeness (QED) is 0.809. The molecule has 0 unspecified atom stereocenters. The number of aromatic hydroxyl groups is 1. The zero-order valence-electron chi connectivity index (χ0n) is 13.7. The van der Waals surface area contributed by atoms with E-state index in [9.17, 15) is 14.7 Å². The normalized spacial score (nSPS) is 15.6. The molecular formula is C16H24ClN3O3S. The van der Waals surface area contributed by atoms with E-state index in [4.69, 9.17) is 5.73 Å². The highest BCUT2D eigenvalue weighted by molar-refractivity contribution is 7.98. The Hall–Kier alpha value is -1.44. The van der Waals surface area contributed by atoms with Gasteiger partial charge in [-0.2, -0.15) is 11.8 Å². The van der Waals surface area contributed by atoms with Crippen molar-refractivity contribution in [3.05, 3.63) is 29.8 Å². The molecule has 1 aromatic carbocycles. The summed E-state index contributed by atoms with van der Waals surface area (Å²) in [5, 5.41) is 9.78. The number of nitrogens with zero attached hydrogens (tertiary/aromatic N) is 2. The van der Waals surface area contributed by atoms with Gasteiger partial charge < -0.3 is 20.6 Å². The Balaban J connectivity index is 0.00000288. The highest BCUT2D eigenvalue weighted by Crippen LogP contribution is 2.19. The first-order valence-electron chi connectivity index (χ1n) is 7.65. The molecule has 6 nitrogen and oxygen atoms in total. The molecule has 1 aliphatic heterocycles. The number of thioether (sulfide) groups is 1. The second kappa shape index (κ2) is 9.76. The van der Waals surface area contributed by atoms with Crippen LogP contribution in [0.5, 0.6) is 5.75 Å². The molecule has 1 aliphatic rings. The number of hydrogen-bond donors (Lipinski definition) is 2. The lowest BCUT2D eigenvalue weighted by Gasteiger charge is -2.36. The molecule has 2 amide bonds. The Morgan fingerprint density at radius 3 is 2.38 bits per heavy atom. The zero-order chi connectivity index (χ0) is 16.8. The van der Waals surface area contributed by atoms with Crippen molar-refractivity contribution >= 4 is 36.0 Å². The van der Waals surface area contributed by atoms with Gasteiger partial charge in [0, 0.05) is 26.2 Å². The van der Waals surface area contributed by atoms with Crippen molar-refractivity contribution in [2.45, 2.75) is 12.5 Å². The molecule has 0 spiro atoms. The van der Waals surface area contributed by atoms with Gasteiger partial charge in [0.1, 0.15) is 5.75 Å². The van der Waals surface area contributed by atoms with Gasteiger partial charge in [0.15, 0.2) is 0 Å². The molecule has 3 N–H and O–H groups in total. The molecule has 1 aromatic rings. The lowest BCUT2D eigenvalue weighted by Crippen LogP contribution is -2.54. The Kier molecular flexibility index (Phi) is 8.38. The Morgan fingerprint density at radius 1 is 1.21 bits per heavy atom. The molecule has 1 saturated heterocycles. The number of benzene rings is 1. The molecule has 0 radical (unpaired) electrons. The second-order valence-corrected chi connectivity index (χ2v) is 6.51. The third-order valence-corrected chi connectivity index (χ3v) is 4.61. The smallest absolute Gasteiger partial charge is 0.257 e. The Labute approximate surface area is 152 Å². The number of nitrogens with two attached hydrogens (primary N) is 1. The summed E-state index contributed by atoms with van der Waals surface area (Å²) in [4.78, 5) is 28.0. The van der Waals surface area contributed by atoms with Crippen LogP contribution in [0.4, 0.5) is 0 Å². The maximum atomic E-state index is 12.4. The van der Waals surface area contributed by atoms with Gasteiger partial charge in [0.05, 0.1) is 11.6 Å². The molecule has 134 valence electrons. The van der Waals surface area contributed by atoms with Crippen LogP contribution in [-0.4, -0.2) is 71.0 Å². The molecule has 0 aliphatic carbocycles. The third kappa shape index (κ3) is 5.03. The van der Waals surface area contributed by atoms with Crippen molar-refractivity contribution in [3.8, 4) is 5.75 Å². The number of carbonyl (C=O) groups excluding carboxylic acids is 2. The van der Waals surface area contributed by atoms with Gasteiger partial charge >= 0.3 is 0 Å². The van der Waals surface area contributed by atoms with Crippen LogP contribution in [0.15, 0.2) is 24.3 Å². The molecule has 0 aromatic heterocycles. The summed E-state index contributed by atoms with van der Waals surface area (Å²) in [7, 11) is 0. The van der Waals surface area contributed by atoms with Crippen LogP contribution in [0, 0.1) is 0 Å². The van der Waals surface area contributed by atoms with E-state index in [1.54, 1.807) is 39.8 Å². The zero-order valence-corrected chi connectivity index (χ0v) is 15.3. The Morgan fingerprint density at radius 2 is 1.79 bits per heavy atom. The van der Waals surface area contributed by atoms with Crippen molar-refractivity contribution in [2.75, 3.05) is 38.2 Å². The standard InChI is InChI=1S/C16H23N3O3S.ClH/c1-23-11-6-13(17)16(22)19-9-7-18(8-10-19)15(21)12-4-2-3-5-14(12)20;/h2-5,13,20H,6-11,17H2,1H3;1H/t13-;/m0./s1. The minimum atomic E-state index is -0.470. The monoisotopic (exact) mass is 373 g/mol. The van der Waals surface area contributed by atoms with E-state index in [1.165, 1.54) is 6.07 Å². The van der Waals surface area contributed by atoms with Crippen LogP contribution >= 0.6 is 24.2 Å². The number of phenols is 1. The average Bonchev–Trinajstić information content (AvgIpc) is 2.59. The van der Waals surface area contributed by atoms with Gasteiger partial charge in [0.2, 0.25) is 5.91 Å². The summed E-state index contributed by atoms with van der Waals surface area (Å²) in [6.07, 6.45) is 2.65. The number of rotatable bonds is 5. The highest BCUT2D eigenvalue weighted by Gasteiger charge is 2.28. The minimum absolute atomic E-state index is 0.